The second kappa shape index (κ2) is 8.29. The lowest BCUT2D eigenvalue weighted by Gasteiger charge is -2.29. The molecule has 1 aliphatic heterocycles. The van der Waals surface area contributed by atoms with Gasteiger partial charge in [-0.1, -0.05) is 36.4 Å². The van der Waals surface area contributed by atoms with Crippen LogP contribution in [0.4, 0.5) is 0 Å². The molecule has 7 nitrogen and oxygen atoms in total. The van der Waals surface area contributed by atoms with Gasteiger partial charge in [-0.15, -0.1) is 5.10 Å². The van der Waals surface area contributed by atoms with Gasteiger partial charge in [-0.3, -0.25) is 10.5 Å². The van der Waals surface area contributed by atoms with Crippen LogP contribution in [-0.4, -0.2) is 29.3 Å². The van der Waals surface area contributed by atoms with E-state index in [2.05, 4.69) is 16.3 Å². The smallest absolute Gasteiger partial charge is 0.244 e. The molecule has 0 aliphatic carbocycles. The number of aromatic amines is 1. The average molecular weight is 402 g/mol. The molecule has 30 heavy (non-hydrogen) atoms. The van der Waals surface area contributed by atoms with Gasteiger partial charge in [0.1, 0.15) is 17.4 Å². The molecule has 2 aromatic carbocycles. The van der Waals surface area contributed by atoms with Crippen molar-refractivity contribution in [2.45, 2.75) is 19.8 Å². The first-order valence-electron chi connectivity index (χ1n) is 9.87. The number of nitriles is 1. The fourth-order valence-corrected chi connectivity index (χ4v) is 3.79. The highest BCUT2D eigenvalue weighted by Gasteiger charge is 2.42. The highest BCUT2D eigenvalue weighted by molar-refractivity contribution is 5.87. The quantitative estimate of drug-likeness (QED) is 0.631. The van der Waals surface area contributed by atoms with Crippen molar-refractivity contribution in [1.82, 2.24) is 10.2 Å². The molecule has 2 unspecified atom stereocenters. The summed E-state index contributed by atoms with van der Waals surface area (Å²) in [5, 5.41) is 25.5. The maximum atomic E-state index is 9.91. The van der Waals surface area contributed by atoms with Crippen molar-refractivity contribution in [2.24, 2.45) is 5.92 Å². The molecule has 3 aromatic rings. The molecule has 4 rings (SSSR count). The largest absolute Gasteiger partial charge is 0.494 e. The topological polar surface area (TPSA) is 104 Å². The summed E-state index contributed by atoms with van der Waals surface area (Å²) in [6, 6.07) is 17.6. The molecule has 0 bridgehead atoms. The van der Waals surface area contributed by atoms with Gasteiger partial charge in [-0.2, -0.15) is 5.26 Å². The van der Waals surface area contributed by atoms with Gasteiger partial charge in [0.2, 0.25) is 11.8 Å². The predicted molar refractivity (Wildman–Crippen MR) is 112 cm³/mol. The molecule has 0 saturated carbocycles. The molecule has 2 heterocycles. The molecule has 0 fully saturated rings. The van der Waals surface area contributed by atoms with Crippen LogP contribution in [0.5, 0.6) is 17.4 Å². The zero-order valence-electron chi connectivity index (χ0n) is 16.8. The van der Waals surface area contributed by atoms with Crippen LogP contribution in [0.25, 0.3) is 11.3 Å². The lowest BCUT2D eigenvalue weighted by Crippen LogP contribution is -2.31. The van der Waals surface area contributed by atoms with Crippen molar-refractivity contribution in [1.29, 1.82) is 10.7 Å². The zero-order chi connectivity index (χ0) is 21.1. The number of ether oxygens (including phenoxy) is 3. The molecule has 2 N–H and O–H groups in total. The van der Waals surface area contributed by atoms with E-state index in [-0.39, 0.29) is 5.90 Å². The van der Waals surface area contributed by atoms with E-state index in [0.717, 1.165) is 22.4 Å². The Bertz CT molecular complexity index is 1100. The van der Waals surface area contributed by atoms with Crippen LogP contribution in [0.2, 0.25) is 0 Å². The third kappa shape index (κ3) is 3.37. The Hall–Kier alpha value is -3.79. The Morgan fingerprint density at radius 2 is 1.90 bits per heavy atom. The monoisotopic (exact) mass is 402 g/mol. The SMILES string of the molecule is CCOc1ccc(C2c3c(n[nH]c3-c3ccccc3)OC(=N)C2C#N)c(OCC)c1. The number of hydrogen-bond acceptors (Lipinski definition) is 6. The zero-order valence-corrected chi connectivity index (χ0v) is 16.8. The summed E-state index contributed by atoms with van der Waals surface area (Å²) in [5.74, 6) is 0.210. The second-order valence-corrected chi connectivity index (χ2v) is 6.80. The number of nitrogens with zero attached hydrogens (tertiary/aromatic N) is 2. The minimum Gasteiger partial charge on any atom is -0.494 e. The summed E-state index contributed by atoms with van der Waals surface area (Å²) in [4.78, 5) is 0. The maximum Gasteiger partial charge on any atom is 0.244 e. The van der Waals surface area contributed by atoms with Crippen molar-refractivity contribution in [2.75, 3.05) is 13.2 Å². The third-order valence-corrected chi connectivity index (χ3v) is 5.03. The number of nitrogens with one attached hydrogen (secondary N) is 2. The Balaban J connectivity index is 1.92. The average Bonchev–Trinajstić information content (AvgIpc) is 3.18. The third-order valence-electron chi connectivity index (χ3n) is 5.03. The van der Waals surface area contributed by atoms with Gasteiger partial charge in [0, 0.05) is 17.5 Å². The van der Waals surface area contributed by atoms with Crippen molar-refractivity contribution in [3.05, 3.63) is 59.7 Å². The summed E-state index contributed by atoms with van der Waals surface area (Å²) in [6.45, 7) is 4.83. The molecule has 1 aromatic heterocycles. The number of benzene rings is 2. The van der Waals surface area contributed by atoms with Crippen LogP contribution in [0.3, 0.4) is 0 Å². The van der Waals surface area contributed by atoms with Gasteiger partial charge >= 0.3 is 0 Å². The fraction of sp³-hybridized carbons (Fsp3) is 0.261. The fourth-order valence-electron chi connectivity index (χ4n) is 3.79. The summed E-state index contributed by atoms with van der Waals surface area (Å²) in [6.07, 6.45) is 0. The standard InChI is InChI=1S/C23H22N4O3/c1-3-28-15-10-11-16(18(12-15)29-4-2)19-17(13-24)22(25)30-23-20(19)21(26-27-23)14-8-6-5-7-9-14/h5-12,17,19,25H,3-4H2,1-2H3,(H,26,27). The van der Waals surface area contributed by atoms with Crippen LogP contribution in [0, 0.1) is 22.7 Å². The van der Waals surface area contributed by atoms with Crippen molar-refractivity contribution < 1.29 is 14.2 Å². The lowest BCUT2D eigenvalue weighted by atomic mass is 9.78. The summed E-state index contributed by atoms with van der Waals surface area (Å²) in [7, 11) is 0. The van der Waals surface area contributed by atoms with E-state index < -0.39 is 11.8 Å². The van der Waals surface area contributed by atoms with E-state index >= 15 is 0 Å². The first-order valence-corrected chi connectivity index (χ1v) is 9.87. The molecule has 0 saturated heterocycles. The molecule has 0 spiro atoms. The number of H-pyrrole nitrogens is 1. The molecule has 2 atom stereocenters. The molecule has 0 amide bonds. The first-order chi connectivity index (χ1) is 14.7. The summed E-state index contributed by atoms with van der Waals surface area (Å²) >= 11 is 0. The van der Waals surface area contributed by atoms with E-state index in [1.54, 1.807) is 0 Å². The number of aromatic nitrogens is 2. The molecule has 152 valence electrons. The van der Waals surface area contributed by atoms with Gasteiger partial charge in [0.25, 0.3) is 0 Å². The minimum absolute atomic E-state index is 0.127. The molecule has 0 radical (unpaired) electrons. The van der Waals surface area contributed by atoms with Gasteiger partial charge in [-0.05, 0) is 25.5 Å². The van der Waals surface area contributed by atoms with E-state index in [1.807, 2.05) is 62.4 Å². The number of hydrogen-bond donors (Lipinski definition) is 2. The summed E-state index contributed by atoms with van der Waals surface area (Å²) in [5.41, 5.74) is 3.22. The highest BCUT2D eigenvalue weighted by Crippen LogP contribution is 2.48. The molecular weight excluding hydrogens is 380 g/mol. The van der Waals surface area contributed by atoms with Gasteiger partial charge in [-0.25, -0.2) is 0 Å². The Labute approximate surface area is 174 Å². The molecule has 7 heteroatoms. The van der Waals surface area contributed by atoms with Gasteiger partial charge < -0.3 is 14.2 Å². The van der Waals surface area contributed by atoms with Crippen LogP contribution in [0.1, 0.15) is 30.9 Å². The van der Waals surface area contributed by atoms with E-state index in [4.69, 9.17) is 19.6 Å². The van der Waals surface area contributed by atoms with Crippen LogP contribution in [0.15, 0.2) is 48.5 Å². The maximum absolute atomic E-state index is 9.91. The minimum atomic E-state index is -0.810. The van der Waals surface area contributed by atoms with Crippen LogP contribution >= 0.6 is 0 Å². The van der Waals surface area contributed by atoms with Gasteiger partial charge in [0.15, 0.2) is 0 Å². The van der Waals surface area contributed by atoms with Crippen LogP contribution in [-0.2, 0) is 0 Å². The Kier molecular flexibility index (Phi) is 5.40. The second-order valence-electron chi connectivity index (χ2n) is 6.80. The normalized spacial score (nSPS) is 17.6. The summed E-state index contributed by atoms with van der Waals surface area (Å²) < 4.78 is 17.1. The molecule has 1 aliphatic rings. The number of rotatable bonds is 6. The van der Waals surface area contributed by atoms with Crippen LogP contribution < -0.4 is 14.2 Å². The highest BCUT2D eigenvalue weighted by atomic mass is 16.5. The van der Waals surface area contributed by atoms with E-state index in [1.165, 1.54) is 0 Å². The Morgan fingerprint density at radius 3 is 2.60 bits per heavy atom. The molecular formula is C23H22N4O3. The van der Waals surface area contributed by atoms with Crippen molar-refractivity contribution >= 4 is 5.90 Å². The lowest BCUT2D eigenvalue weighted by molar-refractivity contribution is 0.318. The number of fused-ring (bicyclic) bond motifs is 1. The van der Waals surface area contributed by atoms with E-state index in [0.29, 0.717) is 30.6 Å². The Morgan fingerprint density at radius 1 is 1.13 bits per heavy atom. The van der Waals surface area contributed by atoms with Crippen molar-refractivity contribution in [3.63, 3.8) is 0 Å². The van der Waals surface area contributed by atoms with E-state index in [9.17, 15) is 5.26 Å². The first kappa shape index (κ1) is 19.5. The van der Waals surface area contributed by atoms with Gasteiger partial charge in [0.05, 0.1) is 30.5 Å². The predicted octanol–water partition coefficient (Wildman–Crippen LogP) is 4.52. The van der Waals surface area contributed by atoms with Crippen molar-refractivity contribution in [3.8, 4) is 34.7 Å².